The Balaban J connectivity index is 1.71. The van der Waals surface area contributed by atoms with Gasteiger partial charge in [-0.05, 0) is 11.4 Å². The molecule has 0 aromatic carbocycles. The van der Waals surface area contributed by atoms with Gasteiger partial charge in [0.2, 0.25) is 0 Å². The van der Waals surface area contributed by atoms with Crippen LogP contribution in [0.15, 0.2) is 23.7 Å². The standard InChI is InChI=1S/C15H22N4OS/c1-15(2,3)13-11(10-18-19-13)9-16-6-7-17-14(20)12-5-4-8-21-12/h4-5,8,10,16H,6-7,9H2,1-3H3,(H,17,20)(H,18,19). The summed E-state index contributed by atoms with van der Waals surface area (Å²) in [5, 5.41) is 15.3. The molecule has 0 saturated heterocycles. The molecule has 6 heteroatoms. The highest BCUT2D eigenvalue weighted by Crippen LogP contribution is 2.22. The highest BCUT2D eigenvalue weighted by atomic mass is 32.1. The summed E-state index contributed by atoms with van der Waals surface area (Å²) < 4.78 is 0. The molecule has 0 aliphatic rings. The lowest BCUT2D eigenvalue weighted by molar-refractivity contribution is 0.0958. The molecular formula is C15H22N4OS. The van der Waals surface area contributed by atoms with Crippen molar-refractivity contribution in [2.24, 2.45) is 0 Å². The minimum atomic E-state index is -0.00880. The van der Waals surface area contributed by atoms with E-state index in [-0.39, 0.29) is 11.3 Å². The predicted molar refractivity (Wildman–Crippen MR) is 85.6 cm³/mol. The van der Waals surface area contributed by atoms with E-state index in [2.05, 4.69) is 41.6 Å². The number of aromatic amines is 1. The third-order valence-electron chi connectivity index (χ3n) is 3.12. The first kappa shape index (κ1) is 15.7. The Morgan fingerprint density at radius 3 is 2.86 bits per heavy atom. The van der Waals surface area contributed by atoms with E-state index >= 15 is 0 Å². The van der Waals surface area contributed by atoms with Gasteiger partial charge in [0.15, 0.2) is 0 Å². The van der Waals surface area contributed by atoms with Crippen molar-refractivity contribution in [3.8, 4) is 0 Å². The molecule has 3 N–H and O–H groups in total. The van der Waals surface area contributed by atoms with Crippen LogP contribution >= 0.6 is 11.3 Å². The van der Waals surface area contributed by atoms with E-state index in [0.717, 1.165) is 23.7 Å². The smallest absolute Gasteiger partial charge is 0.261 e. The van der Waals surface area contributed by atoms with Crippen molar-refractivity contribution >= 4 is 17.2 Å². The molecule has 0 aliphatic carbocycles. The summed E-state index contributed by atoms with van der Waals surface area (Å²) in [6.07, 6.45) is 1.86. The molecule has 0 saturated carbocycles. The maximum Gasteiger partial charge on any atom is 0.261 e. The van der Waals surface area contributed by atoms with E-state index in [1.165, 1.54) is 16.9 Å². The second-order valence-corrected chi connectivity index (χ2v) is 6.88. The van der Waals surface area contributed by atoms with Crippen LogP contribution in [-0.2, 0) is 12.0 Å². The van der Waals surface area contributed by atoms with Gasteiger partial charge in [0, 0.05) is 36.3 Å². The van der Waals surface area contributed by atoms with Gasteiger partial charge in [-0.3, -0.25) is 9.89 Å². The van der Waals surface area contributed by atoms with Gasteiger partial charge in [0.1, 0.15) is 0 Å². The number of amides is 1. The fraction of sp³-hybridized carbons (Fsp3) is 0.467. The van der Waals surface area contributed by atoms with E-state index in [9.17, 15) is 4.79 Å². The van der Waals surface area contributed by atoms with Crippen molar-refractivity contribution in [1.82, 2.24) is 20.8 Å². The second-order valence-electron chi connectivity index (χ2n) is 5.93. The first-order valence-corrected chi connectivity index (χ1v) is 7.91. The molecule has 0 radical (unpaired) electrons. The fourth-order valence-corrected chi connectivity index (χ4v) is 2.72. The van der Waals surface area contributed by atoms with E-state index in [1.807, 2.05) is 23.7 Å². The normalized spacial score (nSPS) is 11.6. The molecule has 0 unspecified atom stereocenters. The Labute approximate surface area is 129 Å². The van der Waals surface area contributed by atoms with Gasteiger partial charge >= 0.3 is 0 Å². The van der Waals surface area contributed by atoms with Gasteiger partial charge in [-0.1, -0.05) is 26.8 Å². The maximum atomic E-state index is 11.7. The zero-order valence-electron chi connectivity index (χ0n) is 12.7. The Hall–Kier alpha value is -1.66. The summed E-state index contributed by atoms with van der Waals surface area (Å²) >= 11 is 1.45. The molecule has 114 valence electrons. The van der Waals surface area contributed by atoms with Crippen molar-refractivity contribution in [2.75, 3.05) is 13.1 Å². The van der Waals surface area contributed by atoms with Gasteiger partial charge < -0.3 is 10.6 Å². The Morgan fingerprint density at radius 2 is 2.19 bits per heavy atom. The lowest BCUT2D eigenvalue weighted by atomic mass is 9.89. The average molecular weight is 306 g/mol. The molecular weight excluding hydrogens is 284 g/mol. The minimum Gasteiger partial charge on any atom is -0.350 e. The van der Waals surface area contributed by atoms with Crippen molar-refractivity contribution in [2.45, 2.75) is 32.7 Å². The van der Waals surface area contributed by atoms with Gasteiger partial charge in [0.25, 0.3) is 5.91 Å². The molecule has 0 fully saturated rings. The topological polar surface area (TPSA) is 69.8 Å². The average Bonchev–Trinajstić information content (AvgIpc) is 3.08. The number of rotatable bonds is 6. The summed E-state index contributed by atoms with van der Waals surface area (Å²) in [7, 11) is 0. The van der Waals surface area contributed by atoms with Crippen LogP contribution in [0.5, 0.6) is 0 Å². The lowest BCUT2D eigenvalue weighted by Crippen LogP contribution is -2.31. The SMILES string of the molecule is CC(C)(C)c1[nH]ncc1CNCCNC(=O)c1cccs1. The number of hydrogen-bond donors (Lipinski definition) is 3. The second kappa shape index (κ2) is 6.87. The van der Waals surface area contributed by atoms with Crippen molar-refractivity contribution < 1.29 is 4.79 Å². The van der Waals surface area contributed by atoms with Crippen LogP contribution in [0.4, 0.5) is 0 Å². The monoisotopic (exact) mass is 306 g/mol. The molecule has 2 heterocycles. The third kappa shape index (κ3) is 4.41. The van der Waals surface area contributed by atoms with E-state index in [1.54, 1.807) is 0 Å². The molecule has 0 spiro atoms. The molecule has 21 heavy (non-hydrogen) atoms. The van der Waals surface area contributed by atoms with Crippen molar-refractivity contribution in [1.29, 1.82) is 0 Å². The number of thiophene rings is 1. The molecule has 5 nitrogen and oxygen atoms in total. The third-order valence-corrected chi connectivity index (χ3v) is 3.98. The van der Waals surface area contributed by atoms with E-state index in [4.69, 9.17) is 0 Å². The minimum absolute atomic E-state index is 0.00880. The number of carbonyl (C=O) groups excluding carboxylic acids is 1. The number of aromatic nitrogens is 2. The van der Waals surface area contributed by atoms with Gasteiger partial charge in [-0.15, -0.1) is 11.3 Å². The Morgan fingerprint density at radius 1 is 1.38 bits per heavy atom. The first-order chi connectivity index (χ1) is 9.98. The zero-order chi connectivity index (χ0) is 15.3. The molecule has 2 rings (SSSR count). The zero-order valence-corrected chi connectivity index (χ0v) is 13.5. The first-order valence-electron chi connectivity index (χ1n) is 7.03. The van der Waals surface area contributed by atoms with Crippen LogP contribution in [0.3, 0.4) is 0 Å². The summed E-state index contributed by atoms with van der Waals surface area (Å²) in [5.41, 5.74) is 2.38. The summed E-state index contributed by atoms with van der Waals surface area (Å²) in [6, 6.07) is 3.71. The Kier molecular flexibility index (Phi) is 5.14. The Bertz CT molecular complexity index is 569. The van der Waals surface area contributed by atoms with Gasteiger partial charge in [0.05, 0.1) is 11.1 Å². The largest absolute Gasteiger partial charge is 0.350 e. The molecule has 2 aromatic heterocycles. The van der Waals surface area contributed by atoms with Crippen LogP contribution in [0.2, 0.25) is 0 Å². The number of nitrogens with one attached hydrogen (secondary N) is 3. The fourth-order valence-electron chi connectivity index (χ4n) is 2.08. The van der Waals surface area contributed by atoms with Gasteiger partial charge in [-0.2, -0.15) is 5.10 Å². The van der Waals surface area contributed by atoms with Crippen LogP contribution in [0.25, 0.3) is 0 Å². The predicted octanol–water partition coefficient (Wildman–Crippen LogP) is 2.29. The summed E-state index contributed by atoms with van der Waals surface area (Å²) in [4.78, 5) is 12.5. The summed E-state index contributed by atoms with van der Waals surface area (Å²) in [6.45, 7) is 8.56. The van der Waals surface area contributed by atoms with Crippen molar-refractivity contribution in [3.05, 3.63) is 39.8 Å². The molecule has 0 aliphatic heterocycles. The molecule has 0 atom stereocenters. The van der Waals surface area contributed by atoms with Gasteiger partial charge in [-0.25, -0.2) is 0 Å². The summed E-state index contributed by atoms with van der Waals surface area (Å²) in [5.74, 6) is -0.00880. The highest BCUT2D eigenvalue weighted by Gasteiger charge is 2.19. The van der Waals surface area contributed by atoms with Crippen LogP contribution in [-0.4, -0.2) is 29.2 Å². The number of hydrogen-bond acceptors (Lipinski definition) is 4. The maximum absolute atomic E-state index is 11.7. The van der Waals surface area contributed by atoms with Crippen LogP contribution in [0, 0.1) is 0 Å². The van der Waals surface area contributed by atoms with Crippen LogP contribution < -0.4 is 10.6 Å². The van der Waals surface area contributed by atoms with Crippen LogP contribution in [0.1, 0.15) is 41.7 Å². The quantitative estimate of drug-likeness (QED) is 0.717. The number of carbonyl (C=O) groups is 1. The van der Waals surface area contributed by atoms with E-state index < -0.39 is 0 Å². The lowest BCUT2D eigenvalue weighted by Gasteiger charge is -2.18. The number of H-pyrrole nitrogens is 1. The molecule has 1 amide bonds. The molecule has 2 aromatic rings. The molecule has 0 bridgehead atoms. The number of nitrogens with zero attached hydrogens (tertiary/aromatic N) is 1. The highest BCUT2D eigenvalue weighted by molar-refractivity contribution is 7.12. The van der Waals surface area contributed by atoms with Crippen molar-refractivity contribution in [3.63, 3.8) is 0 Å². The van der Waals surface area contributed by atoms with E-state index in [0.29, 0.717) is 6.54 Å².